The first-order valence-electron chi connectivity index (χ1n) is 7.56. The predicted molar refractivity (Wildman–Crippen MR) is 95.7 cm³/mol. The summed E-state index contributed by atoms with van der Waals surface area (Å²) in [7, 11) is -1.58. The minimum Gasteiger partial charge on any atom is -0.497 e. The number of methoxy groups -OCH3 is 1. The van der Waals surface area contributed by atoms with Crippen LogP contribution in [-0.2, 0) is 9.84 Å². The van der Waals surface area contributed by atoms with Gasteiger partial charge in [0.1, 0.15) is 11.6 Å². The van der Waals surface area contributed by atoms with Crippen LogP contribution < -0.4 is 10.1 Å². The lowest BCUT2D eigenvalue weighted by molar-refractivity contribution is 0.415. The average Bonchev–Trinajstić information content (AvgIpc) is 2.62. The largest absolute Gasteiger partial charge is 0.497 e. The van der Waals surface area contributed by atoms with Crippen molar-refractivity contribution in [2.75, 3.05) is 18.2 Å². The van der Waals surface area contributed by atoms with E-state index >= 15 is 0 Å². The molecule has 0 bridgehead atoms. The molecule has 0 atom stereocenters. The van der Waals surface area contributed by atoms with Gasteiger partial charge in [0.05, 0.1) is 23.3 Å². The number of aromatic nitrogens is 1. The maximum absolute atomic E-state index is 12.0. The number of hydrogen-bond acceptors (Lipinski definition) is 5. The molecular formula is C18H18N2O3S. The van der Waals surface area contributed by atoms with Crippen LogP contribution in [0.2, 0.25) is 0 Å². The van der Waals surface area contributed by atoms with E-state index in [9.17, 15) is 8.42 Å². The fourth-order valence-corrected chi connectivity index (χ4v) is 3.27. The zero-order chi connectivity index (χ0) is 17.2. The lowest BCUT2D eigenvalue weighted by atomic mass is 10.2. The number of nitrogens with one attached hydrogen (secondary N) is 1. The number of anilines is 2. The topological polar surface area (TPSA) is 68.3 Å². The van der Waals surface area contributed by atoms with Crippen LogP contribution in [0.3, 0.4) is 0 Å². The van der Waals surface area contributed by atoms with Crippen LogP contribution in [0.5, 0.6) is 5.75 Å². The van der Waals surface area contributed by atoms with E-state index < -0.39 is 9.84 Å². The van der Waals surface area contributed by atoms with Crippen molar-refractivity contribution in [3.63, 3.8) is 0 Å². The fourth-order valence-electron chi connectivity index (χ4n) is 2.36. The van der Waals surface area contributed by atoms with Gasteiger partial charge in [-0.15, -0.1) is 0 Å². The van der Waals surface area contributed by atoms with Crippen molar-refractivity contribution < 1.29 is 13.2 Å². The summed E-state index contributed by atoms with van der Waals surface area (Å²) in [6.45, 7) is 1.64. The zero-order valence-electron chi connectivity index (χ0n) is 13.5. The number of nitrogens with zero attached hydrogens (tertiary/aromatic N) is 1. The number of benzene rings is 2. The quantitative estimate of drug-likeness (QED) is 0.764. The van der Waals surface area contributed by atoms with Crippen molar-refractivity contribution in [1.82, 2.24) is 4.98 Å². The summed E-state index contributed by atoms with van der Waals surface area (Å²) in [4.78, 5) is 4.85. The standard InChI is InChI=1S/C18H18N2O3S/c1-3-24(21,22)16-9-10-17-13(12-16)4-11-18(20-17)19-14-5-7-15(23-2)8-6-14/h4-12H,3H2,1-2H3,(H,19,20). The first-order chi connectivity index (χ1) is 11.5. The minimum absolute atomic E-state index is 0.0864. The molecule has 1 aromatic heterocycles. The Morgan fingerprint density at radius 1 is 1.04 bits per heavy atom. The average molecular weight is 342 g/mol. The molecule has 0 spiro atoms. The van der Waals surface area contributed by atoms with Crippen molar-refractivity contribution in [3.8, 4) is 5.75 Å². The maximum Gasteiger partial charge on any atom is 0.178 e. The zero-order valence-corrected chi connectivity index (χ0v) is 14.3. The highest BCUT2D eigenvalue weighted by Gasteiger charge is 2.12. The second-order valence-corrected chi connectivity index (χ2v) is 7.59. The molecule has 0 unspecified atom stereocenters. The second kappa shape index (κ2) is 6.49. The van der Waals surface area contributed by atoms with Gasteiger partial charge in [0.25, 0.3) is 0 Å². The third-order valence-electron chi connectivity index (χ3n) is 3.76. The molecule has 0 aliphatic heterocycles. The number of ether oxygens (including phenoxy) is 1. The van der Waals surface area contributed by atoms with Crippen molar-refractivity contribution in [2.24, 2.45) is 0 Å². The Labute approximate surface area is 141 Å². The van der Waals surface area contributed by atoms with Crippen LogP contribution >= 0.6 is 0 Å². The van der Waals surface area contributed by atoms with Gasteiger partial charge in [-0.05, 0) is 54.6 Å². The molecule has 5 nitrogen and oxygen atoms in total. The van der Waals surface area contributed by atoms with Crippen molar-refractivity contribution >= 4 is 32.2 Å². The van der Waals surface area contributed by atoms with Crippen molar-refractivity contribution in [2.45, 2.75) is 11.8 Å². The maximum atomic E-state index is 12.0. The van der Waals surface area contributed by atoms with Crippen LogP contribution in [0.25, 0.3) is 10.9 Å². The third kappa shape index (κ3) is 3.33. The van der Waals surface area contributed by atoms with E-state index in [1.54, 1.807) is 32.2 Å². The van der Waals surface area contributed by atoms with Crippen molar-refractivity contribution in [3.05, 3.63) is 54.6 Å². The second-order valence-electron chi connectivity index (χ2n) is 5.31. The van der Waals surface area contributed by atoms with Crippen LogP contribution in [0.1, 0.15) is 6.92 Å². The summed E-state index contributed by atoms with van der Waals surface area (Å²) < 4.78 is 29.1. The monoisotopic (exact) mass is 342 g/mol. The Balaban J connectivity index is 1.89. The molecule has 0 radical (unpaired) electrons. The van der Waals surface area contributed by atoms with E-state index in [4.69, 9.17) is 4.74 Å². The Bertz CT molecular complexity index is 967. The van der Waals surface area contributed by atoms with Crippen LogP contribution in [-0.4, -0.2) is 26.3 Å². The van der Waals surface area contributed by atoms with Gasteiger partial charge in [-0.3, -0.25) is 0 Å². The van der Waals surface area contributed by atoms with E-state index in [1.807, 2.05) is 36.4 Å². The summed E-state index contributed by atoms with van der Waals surface area (Å²) in [5, 5.41) is 4.01. The number of fused-ring (bicyclic) bond motifs is 1. The van der Waals surface area contributed by atoms with Gasteiger partial charge in [0.15, 0.2) is 9.84 Å². The smallest absolute Gasteiger partial charge is 0.178 e. The summed E-state index contributed by atoms with van der Waals surface area (Å²) in [5.74, 6) is 1.57. The molecule has 1 N–H and O–H groups in total. The molecular weight excluding hydrogens is 324 g/mol. The van der Waals surface area contributed by atoms with Gasteiger partial charge >= 0.3 is 0 Å². The molecule has 2 aromatic carbocycles. The fraction of sp³-hybridized carbons (Fsp3) is 0.167. The normalized spacial score (nSPS) is 11.4. The Kier molecular flexibility index (Phi) is 4.40. The summed E-state index contributed by atoms with van der Waals surface area (Å²) in [6.07, 6.45) is 0. The first kappa shape index (κ1) is 16.3. The molecule has 0 fully saturated rings. The first-order valence-corrected chi connectivity index (χ1v) is 9.22. The molecule has 1 heterocycles. The summed E-state index contributed by atoms with van der Waals surface area (Å²) in [6, 6.07) is 16.2. The lowest BCUT2D eigenvalue weighted by Crippen LogP contribution is -2.03. The van der Waals surface area contributed by atoms with Gasteiger partial charge in [-0.1, -0.05) is 6.92 Å². The molecule has 3 rings (SSSR count). The lowest BCUT2D eigenvalue weighted by Gasteiger charge is -2.08. The van der Waals surface area contributed by atoms with Gasteiger partial charge in [-0.2, -0.15) is 0 Å². The van der Waals surface area contributed by atoms with E-state index in [0.717, 1.165) is 22.3 Å². The van der Waals surface area contributed by atoms with Gasteiger partial charge in [0, 0.05) is 11.1 Å². The molecule has 0 saturated carbocycles. The minimum atomic E-state index is -3.21. The molecule has 24 heavy (non-hydrogen) atoms. The van der Waals surface area contributed by atoms with Crippen molar-refractivity contribution in [1.29, 1.82) is 0 Å². The highest BCUT2D eigenvalue weighted by atomic mass is 32.2. The van der Waals surface area contributed by atoms with E-state index in [1.165, 1.54) is 0 Å². The van der Waals surface area contributed by atoms with Crippen LogP contribution in [0, 0.1) is 0 Å². The number of rotatable bonds is 5. The summed E-state index contributed by atoms with van der Waals surface area (Å²) >= 11 is 0. The number of sulfone groups is 1. The van der Waals surface area contributed by atoms with Crippen LogP contribution in [0.15, 0.2) is 59.5 Å². The molecule has 124 valence electrons. The Morgan fingerprint density at radius 3 is 2.46 bits per heavy atom. The molecule has 0 saturated heterocycles. The molecule has 6 heteroatoms. The van der Waals surface area contributed by atoms with E-state index in [0.29, 0.717) is 10.7 Å². The molecule has 0 amide bonds. The van der Waals surface area contributed by atoms with Gasteiger partial charge in [-0.25, -0.2) is 13.4 Å². The Hall–Kier alpha value is -2.60. The number of pyridine rings is 1. The van der Waals surface area contributed by atoms with Gasteiger partial charge in [0.2, 0.25) is 0 Å². The van der Waals surface area contributed by atoms with Gasteiger partial charge < -0.3 is 10.1 Å². The highest BCUT2D eigenvalue weighted by Crippen LogP contribution is 2.23. The molecule has 0 aliphatic carbocycles. The van der Waals surface area contributed by atoms with E-state index in [2.05, 4.69) is 10.3 Å². The SMILES string of the molecule is CCS(=O)(=O)c1ccc2nc(Nc3ccc(OC)cc3)ccc2c1. The molecule has 0 aliphatic rings. The van der Waals surface area contributed by atoms with E-state index in [-0.39, 0.29) is 5.75 Å². The summed E-state index contributed by atoms with van der Waals surface area (Å²) in [5.41, 5.74) is 1.64. The highest BCUT2D eigenvalue weighted by molar-refractivity contribution is 7.91. The molecule has 3 aromatic rings. The predicted octanol–water partition coefficient (Wildman–Crippen LogP) is 3.78. The van der Waals surface area contributed by atoms with Crippen LogP contribution in [0.4, 0.5) is 11.5 Å². The number of hydrogen-bond donors (Lipinski definition) is 1. The third-order valence-corrected chi connectivity index (χ3v) is 5.49. The Morgan fingerprint density at radius 2 is 1.79 bits per heavy atom.